The first-order valence-electron chi connectivity index (χ1n) is 7.11. The second-order valence-electron chi connectivity index (χ2n) is 5.07. The molecule has 1 aromatic heterocycles. The smallest absolute Gasteiger partial charge is 0.195 e. The Hall–Kier alpha value is -2.49. The maximum absolute atomic E-state index is 9.90. The molecule has 0 aliphatic carbocycles. The molecule has 21 heavy (non-hydrogen) atoms. The Labute approximate surface area is 123 Å². The SMILES string of the molecule is CCc1nc2cc(NC(C)c3ccccc3O)ccc2o1. The van der Waals surface area contributed by atoms with Gasteiger partial charge >= 0.3 is 0 Å². The van der Waals surface area contributed by atoms with E-state index < -0.39 is 0 Å². The second kappa shape index (κ2) is 5.48. The van der Waals surface area contributed by atoms with E-state index in [2.05, 4.69) is 10.3 Å². The molecule has 0 radical (unpaired) electrons. The summed E-state index contributed by atoms with van der Waals surface area (Å²) in [6, 6.07) is 13.2. The highest BCUT2D eigenvalue weighted by Crippen LogP contribution is 2.28. The number of phenolic OH excluding ortho intramolecular Hbond substituents is 1. The molecule has 0 bridgehead atoms. The molecule has 2 aromatic carbocycles. The van der Waals surface area contributed by atoms with E-state index in [-0.39, 0.29) is 6.04 Å². The Morgan fingerprint density at radius 1 is 1.24 bits per heavy atom. The molecule has 0 amide bonds. The molecule has 0 saturated carbocycles. The van der Waals surface area contributed by atoms with Crippen molar-refractivity contribution in [2.75, 3.05) is 5.32 Å². The van der Waals surface area contributed by atoms with Gasteiger partial charge in [-0.05, 0) is 31.2 Å². The van der Waals surface area contributed by atoms with Crippen molar-refractivity contribution < 1.29 is 9.52 Å². The van der Waals surface area contributed by atoms with Crippen LogP contribution in [0.15, 0.2) is 46.9 Å². The van der Waals surface area contributed by atoms with Crippen molar-refractivity contribution in [1.29, 1.82) is 0 Å². The summed E-state index contributed by atoms with van der Waals surface area (Å²) in [6.07, 6.45) is 0.783. The number of rotatable bonds is 4. The lowest BCUT2D eigenvalue weighted by Crippen LogP contribution is -2.06. The first kappa shape index (κ1) is 13.5. The molecule has 3 aromatic rings. The third-order valence-electron chi connectivity index (χ3n) is 3.52. The van der Waals surface area contributed by atoms with Crippen molar-refractivity contribution in [3.8, 4) is 5.75 Å². The van der Waals surface area contributed by atoms with Gasteiger partial charge in [-0.1, -0.05) is 25.1 Å². The largest absolute Gasteiger partial charge is 0.508 e. The predicted molar refractivity (Wildman–Crippen MR) is 83.5 cm³/mol. The van der Waals surface area contributed by atoms with Crippen molar-refractivity contribution in [3.63, 3.8) is 0 Å². The lowest BCUT2D eigenvalue weighted by atomic mass is 10.1. The van der Waals surface area contributed by atoms with Crippen LogP contribution in [0, 0.1) is 0 Å². The highest BCUT2D eigenvalue weighted by Gasteiger charge is 2.11. The van der Waals surface area contributed by atoms with Gasteiger partial charge in [-0.2, -0.15) is 0 Å². The summed E-state index contributed by atoms with van der Waals surface area (Å²) >= 11 is 0. The van der Waals surface area contributed by atoms with Gasteiger partial charge in [-0.25, -0.2) is 4.98 Å². The van der Waals surface area contributed by atoms with Crippen molar-refractivity contribution in [2.24, 2.45) is 0 Å². The number of fused-ring (bicyclic) bond motifs is 1. The molecule has 1 unspecified atom stereocenters. The van der Waals surface area contributed by atoms with Gasteiger partial charge in [0, 0.05) is 17.7 Å². The summed E-state index contributed by atoms with van der Waals surface area (Å²) in [5, 5.41) is 13.3. The van der Waals surface area contributed by atoms with E-state index in [1.165, 1.54) is 0 Å². The zero-order valence-corrected chi connectivity index (χ0v) is 12.1. The normalized spacial score (nSPS) is 12.5. The third kappa shape index (κ3) is 2.70. The fourth-order valence-electron chi connectivity index (χ4n) is 2.40. The van der Waals surface area contributed by atoms with Crippen LogP contribution in [0.4, 0.5) is 5.69 Å². The number of aryl methyl sites for hydroxylation is 1. The number of benzene rings is 2. The van der Waals surface area contributed by atoms with Crippen LogP contribution in [0.3, 0.4) is 0 Å². The molecule has 4 nitrogen and oxygen atoms in total. The average molecular weight is 282 g/mol. The van der Waals surface area contributed by atoms with Crippen molar-refractivity contribution in [3.05, 3.63) is 53.9 Å². The molecule has 4 heteroatoms. The van der Waals surface area contributed by atoms with Crippen LogP contribution in [-0.2, 0) is 6.42 Å². The Bertz CT molecular complexity index is 764. The summed E-state index contributed by atoms with van der Waals surface area (Å²) in [5.41, 5.74) is 3.47. The first-order valence-corrected chi connectivity index (χ1v) is 7.11. The van der Waals surface area contributed by atoms with Crippen LogP contribution in [0.5, 0.6) is 5.75 Å². The fraction of sp³-hybridized carbons (Fsp3) is 0.235. The molecule has 1 atom stereocenters. The molecule has 1 heterocycles. The van der Waals surface area contributed by atoms with Gasteiger partial charge in [-0.3, -0.25) is 0 Å². The van der Waals surface area contributed by atoms with Crippen LogP contribution in [0.25, 0.3) is 11.1 Å². The van der Waals surface area contributed by atoms with Gasteiger partial charge in [0.05, 0.1) is 6.04 Å². The monoisotopic (exact) mass is 282 g/mol. The molecule has 0 fully saturated rings. The fourth-order valence-corrected chi connectivity index (χ4v) is 2.40. The molecule has 0 spiro atoms. The number of phenols is 1. The molecular formula is C17H18N2O2. The highest BCUT2D eigenvalue weighted by molar-refractivity contribution is 5.77. The van der Waals surface area contributed by atoms with Crippen molar-refractivity contribution >= 4 is 16.8 Å². The number of hydrogen-bond acceptors (Lipinski definition) is 4. The Morgan fingerprint density at radius 2 is 2.05 bits per heavy atom. The van der Waals surface area contributed by atoms with Gasteiger partial charge in [0.15, 0.2) is 11.5 Å². The molecule has 0 saturated heterocycles. The maximum Gasteiger partial charge on any atom is 0.195 e. The second-order valence-corrected chi connectivity index (χ2v) is 5.07. The van der Waals surface area contributed by atoms with E-state index in [1.807, 2.05) is 50.2 Å². The zero-order valence-electron chi connectivity index (χ0n) is 12.1. The summed E-state index contributed by atoms with van der Waals surface area (Å²) < 4.78 is 5.60. The van der Waals surface area contributed by atoms with Crippen LogP contribution < -0.4 is 5.32 Å². The van der Waals surface area contributed by atoms with Crippen LogP contribution in [-0.4, -0.2) is 10.1 Å². The molecular weight excluding hydrogens is 264 g/mol. The van der Waals surface area contributed by atoms with E-state index in [0.29, 0.717) is 5.75 Å². The Balaban J connectivity index is 1.86. The third-order valence-corrected chi connectivity index (χ3v) is 3.52. The number of aromatic hydroxyl groups is 1. The summed E-state index contributed by atoms with van der Waals surface area (Å²) in [6.45, 7) is 4.03. The number of para-hydroxylation sites is 1. The van der Waals surface area contributed by atoms with Crippen LogP contribution >= 0.6 is 0 Å². The lowest BCUT2D eigenvalue weighted by Gasteiger charge is -2.16. The minimum Gasteiger partial charge on any atom is -0.508 e. The highest BCUT2D eigenvalue weighted by atomic mass is 16.3. The topological polar surface area (TPSA) is 58.3 Å². The number of nitrogens with zero attached hydrogens (tertiary/aromatic N) is 1. The minimum absolute atomic E-state index is 0.00111. The van der Waals surface area contributed by atoms with Crippen molar-refractivity contribution in [1.82, 2.24) is 4.98 Å². The standard InChI is InChI=1S/C17H18N2O2/c1-3-17-19-14-10-12(8-9-16(14)21-17)18-11(2)13-6-4-5-7-15(13)20/h4-11,18,20H,3H2,1-2H3. The van der Waals surface area contributed by atoms with E-state index >= 15 is 0 Å². The van der Waals surface area contributed by atoms with E-state index in [0.717, 1.165) is 34.7 Å². The van der Waals surface area contributed by atoms with Crippen molar-refractivity contribution in [2.45, 2.75) is 26.3 Å². The predicted octanol–water partition coefficient (Wildman–Crippen LogP) is 4.27. The van der Waals surface area contributed by atoms with E-state index in [9.17, 15) is 5.11 Å². The molecule has 0 aliphatic rings. The van der Waals surface area contributed by atoms with Gasteiger partial charge in [0.25, 0.3) is 0 Å². The average Bonchev–Trinajstić information content (AvgIpc) is 2.90. The van der Waals surface area contributed by atoms with E-state index in [4.69, 9.17) is 4.42 Å². The van der Waals surface area contributed by atoms with Gasteiger partial charge < -0.3 is 14.8 Å². The molecule has 3 rings (SSSR count). The van der Waals surface area contributed by atoms with Crippen LogP contribution in [0.2, 0.25) is 0 Å². The Morgan fingerprint density at radius 3 is 2.81 bits per heavy atom. The quantitative estimate of drug-likeness (QED) is 0.750. The first-order chi connectivity index (χ1) is 10.2. The molecule has 0 aliphatic heterocycles. The lowest BCUT2D eigenvalue weighted by molar-refractivity contribution is 0.465. The number of nitrogens with one attached hydrogen (secondary N) is 1. The van der Waals surface area contributed by atoms with Gasteiger partial charge in [-0.15, -0.1) is 0 Å². The summed E-state index contributed by atoms with van der Waals surface area (Å²) in [7, 11) is 0. The summed E-state index contributed by atoms with van der Waals surface area (Å²) in [5.74, 6) is 1.05. The molecule has 2 N–H and O–H groups in total. The minimum atomic E-state index is 0.00111. The number of oxazole rings is 1. The zero-order chi connectivity index (χ0) is 14.8. The maximum atomic E-state index is 9.90. The summed E-state index contributed by atoms with van der Waals surface area (Å²) in [4.78, 5) is 4.43. The van der Waals surface area contributed by atoms with E-state index in [1.54, 1.807) is 6.07 Å². The van der Waals surface area contributed by atoms with Crippen LogP contribution in [0.1, 0.15) is 31.3 Å². The Kier molecular flexibility index (Phi) is 3.52. The number of anilines is 1. The molecule has 108 valence electrons. The number of aromatic nitrogens is 1. The van der Waals surface area contributed by atoms with Gasteiger partial charge in [0.2, 0.25) is 0 Å². The number of hydrogen-bond donors (Lipinski definition) is 2. The van der Waals surface area contributed by atoms with Gasteiger partial charge in [0.1, 0.15) is 11.3 Å².